The van der Waals surface area contributed by atoms with Crippen molar-refractivity contribution in [1.82, 2.24) is 10.2 Å². The maximum Gasteiger partial charge on any atom is 0.0673 e. The van der Waals surface area contributed by atoms with Gasteiger partial charge in [0.15, 0.2) is 0 Å². The summed E-state index contributed by atoms with van der Waals surface area (Å²) in [5.74, 6) is 0.951. The van der Waals surface area contributed by atoms with Crippen LogP contribution in [0, 0.1) is 5.92 Å². The first-order valence-corrected chi connectivity index (χ1v) is 7.81. The predicted octanol–water partition coefficient (Wildman–Crippen LogP) is 2.27. The monoisotopic (exact) mass is 254 g/mol. The number of ether oxygens (including phenoxy) is 1. The van der Waals surface area contributed by atoms with Crippen LogP contribution < -0.4 is 5.32 Å². The van der Waals surface area contributed by atoms with Gasteiger partial charge < -0.3 is 10.1 Å². The molecule has 0 spiro atoms. The second-order valence-electron chi connectivity index (χ2n) is 6.25. The van der Waals surface area contributed by atoms with Crippen molar-refractivity contribution < 1.29 is 4.74 Å². The normalized spacial score (nSPS) is 35.3. The molecule has 0 aromatic rings. The van der Waals surface area contributed by atoms with E-state index in [1.807, 2.05) is 0 Å². The molecule has 0 radical (unpaired) electrons. The van der Waals surface area contributed by atoms with Crippen molar-refractivity contribution in [3.8, 4) is 0 Å². The van der Waals surface area contributed by atoms with Gasteiger partial charge in [0.1, 0.15) is 0 Å². The lowest BCUT2D eigenvalue weighted by molar-refractivity contribution is 0.0677. The van der Waals surface area contributed by atoms with Gasteiger partial charge in [-0.15, -0.1) is 0 Å². The fourth-order valence-corrected chi connectivity index (χ4v) is 3.17. The lowest BCUT2D eigenvalue weighted by Crippen LogP contribution is -2.40. The molecule has 0 amide bonds. The molecular formula is C15H30N2O. The van der Waals surface area contributed by atoms with Crippen molar-refractivity contribution in [2.45, 2.75) is 58.1 Å². The van der Waals surface area contributed by atoms with Gasteiger partial charge in [-0.3, -0.25) is 4.90 Å². The molecular weight excluding hydrogens is 224 g/mol. The zero-order valence-electron chi connectivity index (χ0n) is 12.2. The Labute approximate surface area is 112 Å². The fraction of sp³-hybridized carbons (Fsp3) is 1.00. The summed E-state index contributed by atoms with van der Waals surface area (Å²) >= 11 is 0. The second-order valence-corrected chi connectivity index (χ2v) is 6.25. The van der Waals surface area contributed by atoms with Gasteiger partial charge in [-0.1, -0.05) is 6.92 Å². The van der Waals surface area contributed by atoms with Crippen LogP contribution in [0.1, 0.15) is 46.0 Å². The van der Waals surface area contributed by atoms with Gasteiger partial charge in [-0.2, -0.15) is 0 Å². The SMILES string of the molecule is CC1CCC(NCCN2CCCOC(C)C2)CC1. The van der Waals surface area contributed by atoms with E-state index >= 15 is 0 Å². The smallest absolute Gasteiger partial charge is 0.0673 e. The van der Waals surface area contributed by atoms with Crippen LogP contribution in [0.2, 0.25) is 0 Å². The van der Waals surface area contributed by atoms with Gasteiger partial charge in [0.2, 0.25) is 0 Å². The van der Waals surface area contributed by atoms with Gasteiger partial charge >= 0.3 is 0 Å². The van der Waals surface area contributed by atoms with Crippen molar-refractivity contribution in [2.24, 2.45) is 5.92 Å². The summed E-state index contributed by atoms with van der Waals surface area (Å²) in [4.78, 5) is 2.55. The van der Waals surface area contributed by atoms with E-state index in [-0.39, 0.29) is 0 Å². The topological polar surface area (TPSA) is 24.5 Å². The Morgan fingerprint density at radius 1 is 1.17 bits per heavy atom. The first kappa shape index (κ1) is 14.3. The average Bonchev–Trinajstić information content (AvgIpc) is 2.56. The standard InChI is InChI=1S/C15H30N2O/c1-13-4-6-15(7-5-13)16-8-10-17-9-3-11-18-14(2)12-17/h13-16H,3-12H2,1-2H3. The van der Waals surface area contributed by atoms with Crippen LogP contribution in [0.4, 0.5) is 0 Å². The average molecular weight is 254 g/mol. The van der Waals surface area contributed by atoms with Crippen LogP contribution in [0.3, 0.4) is 0 Å². The third-order valence-electron chi connectivity index (χ3n) is 4.41. The van der Waals surface area contributed by atoms with Crippen LogP contribution in [-0.2, 0) is 4.74 Å². The summed E-state index contributed by atoms with van der Waals surface area (Å²) in [7, 11) is 0. The van der Waals surface area contributed by atoms with Crippen molar-refractivity contribution in [3.05, 3.63) is 0 Å². The summed E-state index contributed by atoms with van der Waals surface area (Å²) in [5.41, 5.74) is 0. The van der Waals surface area contributed by atoms with E-state index < -0.39 is 0 Å². The maximum absolute atomic E-state index is 5.68. The van der Waals surface area contributed by atoms with Gasteiger partial charge in [0.05, 0.1) is 6.10 Å². The molecule has 0 bridgehead atoms. The summed E-state index contributed by atoms with van der Waals surface area (Å²) in [6.45, 7) is 10.1. The molecule has 3 heteroatoms. The molecule has 1 saturated carbocycles. The zero-order valence-corrected chi connectivity index (χ0v) is 12.2. The Hall–Kier alpha value is -0.120. The molecule has 1 heterocycles. The molecule has 1 unspecified atom stereocenters. The third kappa shape index (κ3) is 4.87. The minimum atomic E-state index is 0.406. The van der Waals surface area contributed by atoms with E-state index in [2.05, 4.69) is 24.1 Å². The molecule has 1 N–H and O–H groups in total. The molecule has 0 aromatic carbocycles. The van der Waals surface area contributed by atoms with E-state index in [0.29, 0.717) is 6.10 Å². The van der Waals surface area contributed by atoms with Gasteiger partial charge in [-0.05, 0) is 44.9 Å². The van der Waals surface area contributed by atoms with Crippen molar-refractivity contribution in [1.29, 1.82) is 0 Å². The van der Waals surface area contributed by atoms with Crippen LogP contribution in [0.25, 0.3) is 0 Å². The number of hydrogen-bond acceptors (Lipinski definition) is 3. The Bertz CT molecular complexity index is 227. The number of nitrogens with zero attached hydrogens (tertiary/aromatic N) is 1. The molecule has 1 aliphatic carbocycles. The summed E-state index contributed by atoms with van der Waals surface area (Å²) < 4.78 is 5.68. The minimum absolute atomic E-state index is 0.406. The number of rotatable bonds is 4. The molecule has 1 aliphatic heterocycles. The summed E-state index contributed by atoms with van der Waals surface area (Å²) in [6.07, 6.45) is 7.16. The van der Waals surface area contributed by atoms with Crippen LogP contribution in [0.5, 0.6) is 0 Å². The van der Waals surface area contributed by atoms with E-state index in [1.54, 1.807) is 0 Å². The molecule has 2 rings (SSSR count). The number of nitrogens with one attached hydrogen (secondary N) is 1. The zero-order chi connectivity index (χ0) is 12.8. The summed E-state index contributed by atoms with van der Waals surface area (Å²) in [5, 5.41) is 3.74. The first-order valence-electron chi connectivity index (χ1n) is 7.81. The highest BCUT2D eigenvalue weighted by atomic mass is 16.5. The molecule has 1 atom stereocenters. The molecule has 2 fully saturated rings. The van der Waals surface area contributed by atoms with Gasteiger partial charge in [0.25, 0.3) is 0 Å². The second kappa shape index (κ2) is 7.46. The molecule has 106 valence electrons. The third-order valence-corrected chi connectivity index (χ3v) is 4.41. The van der Waals surface area contributed by atoms with Crippen LogP contribution in [0.15, 0.2) is 0 Å². The van der Waals surface area contributed by atoms with Gasteiger partial charge in [0, 0.05) is 38.8 Å². The number of hydrogen-bond donors (Lipinski definition) is 1. The Kier molecular flexibility index (Phi) is 5.93. The Morgan fingerprint density at radius 3 is 2.72 bits per heavy atom. The Morgan fingerprint density at radius 2 is 1.94 bits per heavy atom. The van der Waals surface area contributed by atoms with Crippen molar-refractivity contribution >= 4 is 0 Å². The highest BCUT2D eigenvalue weighted by Crippen LogP contribution is 2.23. The highest BCUT2D eigenvalue weighted by molar-refractivity contribution is 4.76. The molecule has 0 aromatic heterocycles. The molecule has 1 saturated heterocycles. The van der Waals surface area contributed by atoms with Crippen molar-refractivity contribution in [2.75, 3.05) is 32.8 Å². The van der Waals surface area contributed by atoms with E-state index in [1.165, 1.54) is 45.2 Å². The minimum Gasteiger partial charge on any atom is -0.377 e. The Balaban J connectivity index is 1.59. The van der Waals surface area contributed by atoms with Crippen LogP contribution >= 0.6 is 0 Å². The highest BCUT2D eigenvalue weighted by Gasteiger charge is 2.18. The lowest BCUT2D eigenvalue weighted by atomic mass is 9.87. The molecule has 2 aliphatic rings. The van der Waals surface area contributed by atoms with Crippen LogP contribution in [-0.4, -0.2) is 49.8 Å². The largest absolute Gasteiger partial charge is 0.377 e. The quantitative estimate of drug-likeness (QED) is 0.833. The maximum atomic E-state index is 5.68. The first-order chi connectivity index (χ1) is 8.74. The fourth-order valence-electron chi connectivity index (χ4n) is 3.17. The van der Waals surface area contributed by atoms with E-state index in [0.717, 1.165) is 31.7 Å². The van der Waals surface area contributed by atoms with Crippen molar-refractivity contribution in [3.63, 3.8) is 0 Å². The lowest BCUT2D eigenvalue weighted by Gasteiger charge is -2.28. The predicted molar refractivity (Wildman–Crippen MR) is 75.9 cm³/mol. The van der Waals surface area contributed by atoms with E-state index in [4.69, 9.17) is 4.74 Å². The van der Waals surface area contributed by atoms with E-state index in [9.17, 15) is 0 Å². The molecule has 3 nitrogen and oxygen atoms in total. The van der Waals surface area contributed by atoms with Gasteiger partial charge in [-0.25, -0.2) is 0 Å². The molecule has 18 heavy (non-hydrogen) atoms. The summed E-state index contributed by atoms with van der Waals surface area (Å²) in [6, 6.07) is 0.779.